The molecular formula is C20H12ClNO4. The van der Waals surface area contributed by atoms with Crippen molar-refractivity contribution in [3.8, 4) is 11.3 Å². The summed E-state index contributed by atoms with van der Waals surface area (Å²) in [6.45, 7) is 0. The normalized spacial score (nSPS) is 14.3. The Morgan fingerprint density at radius 2 is 1.96 bits per heavy atom. The lowest BCUT2D eigenvalue weighted by atomic mass is 10.1. The van der Waals surface area contributed by atoms with Crippen molar-refractivity contribution in [2.24, 2.45) is 0 Å². The summed E-state index contributed by atoms with van der Waals surface area (Å²) >= 11 is 6.03. The number of anilines is 1. The number of hydrogen-bond acceptors (Lipinski definition) is 3. The summed E-state index contributed by atoms with van der Waals surface area (Å²) in [5.74, 6) is -0.228. The second-order valence-electron chi connectivity index (χ2n) is 5.79. The van der Waals surface area contributed by atoms with Crippen molar-refractivity contribution < 1.29 is 19.1 Å². The molecule has 2 heterocycles. The maximum absolute atomic E-state index is 12.2. The Morgan fingerprint density at radius 1 is 1.12 bits per heavy atom. The van der Waals surface area contributed by atoms with E-state index in [2.05, 4.69) is 5.32 Å². The van der Waals surface area contributed by atoms with Gasteiger partial charge in [-0.05, 0) is 48.5 Å². The maximum Gasteiger partial charge on any atom is 0.335 e. The van der Waals surface area contributed by atoms with Crippen molar-refractivity contribution in [2.75, 3.05) is 5.32 Å². The minimum Gasteiger partial charge on any atom is -0.478 e. The molecule has 4 rings (SSSR count). The number of rotatable bonds is 3. The van der Waals surface area contributed by atoms with Crippen molar-refractivity contribution in [1.29, 1.82) is 0 Å². The lowest BCUT2D eigenvalue weighted by molar-refractivity contribution is -0.110. The average Bonchev–Trinajstić information content (AvgIpc) is 3.21. The molecule has 1 aliphatic heterocycles. The van der Waals surface area contributed by atoms with Gasteiger partial charge in [-0.1, -0.05) is 23.7 Å². The molecule has 0 unspecified atom stereocenters. The molecule has 1 amide bonds. The lowest BCUT2D eigenvalue weighted by Gasteiger charge is -2.00. The largest absolute Gasteiger partial charge is 0.478 e. The molecule has 0 radical (unpaired) electrons. The average molecular weight is 366 g/mol. The van der Waals surface area contributed by atoms with E-state index in [4.69, 9.17) is 21.1 Å². The van der Waals surface area contributed by atoms with Crippen LogP contribution < -0.4 is 5.32 Å². The van der Waals surface area contributed by atoms with Crippen LogP contribution in [0.5, 0.6) is 0 Å². The van der Waals surface area contributed by atoms with Crippen molar-refractivity contribution >= 4 is 40.8 Å². The standard InChI is InChI=1S/C20H12ClNO4/c21-13-4-6-17-15(9-13)16(19(23)22-17)10-14-5-7-18(26-14)11-2-1-3-12(8-11)20(24)25/h1-10H,(H,22,23)(H,24,25)/b16-10-. The Bertz CT molecular complexity index is 1080. The zero-order chi connectivity index (χ0) is 18.3. The first-order chi connectivity index (χ1) is 12.5. The van der Waals surface area contributed by atoms with Crippen LogP contribution in [0.15, 0.2) is 59.0 Å². The van der Waals surface area contributed by atoms with Gasteiger partial charge in [-0.3, -0.25) is 4.79 Å². The van der Waals surface area contributed by atoms with Gasteiger partial charge < -0.3 is 14.8 Å². The number of amides is 1. The smallest absolute Gasteiger partial charge is 0.335 e. The maximum atomic E-state index is 12.2. The number of carboxylic acids is 1. The predicted octanol–water partition coefficient (Wildman–Crippen LogP) is 4.79. The van der Waals surface area contributed by atoms with Crippen LogP contribution in [0.3, 0.4) is 0 Å². The number of benzene rings is 2. The zero-order valence-electron chi connectivity index (χ0n) is 13.3. The highest BCUT2D eigenvalue weighted by Gasteiger charge is 2.24. The molecule has 26 heavy (non-hydrogen) atoms. The van der Waals surface area contributed by atoms with Gasteiger partial charge in [0.15, 0.2) is 0 Å². The number of carbonyl (C=O) groups is 2. The summed E-state index contributed by atoms with van der Waals surface area (Å²) in [5.41, 5.74) is 2.70. The molecule has 0 saturated heterocycles. The van der Waals surface area contributed by atoms with Gasteiger partial charge in [0.25, 0.3) is 5.91 Å². The number of aromatic carboxylic acids is 1. The van der Waals surface area contributed by atoms with E-state index in [1.54, 1.807) is 48.5 Å². The molecule has 3 aromatic rings. The highest BCUT2D eigenvalue weighted by atomic mass is 35.5. The topological polar surface area (TPSA) is 79.5 Å². The van der Waals surface area contributed by atoms with Crippen LogP contribution >= 0.6 is 11.6 Å². The first-order valence-electron chi connectivity index (χ1n) is 7.78. The molecule has 0 spiro atoms. The molecule has 0 atom stereocenters. The minimum atomic E-state index is -1.00. The number of fused-ring (bicyclic) bond motifs is 1. The minimum absolute atomic E-state index is 0.178. The van der Waals surface area contributed by atoms with Crippen molar-refractivity contribution in [2.45, 2.75) is 0 Å². The van der Waals surface area contributed by atoms with Crippen LogP contribution in [0.1, 0.15) is 21.7 Å². The van der Waals surface area contributed by atoms with Crippen LogP contribution in [0.25, 0.3) is 23.0 Å². The summed E-state index contributed by atoms with van der Waals surface area (Å²) in [4.78, 5) is 23.3. The van der Waals surface area contributed by atoms with Crippen LogP contribution in [0.4, 0.5) is 5.69 Å². The fraction of sp³-hybridized carbons (Fsp3) is 0. The second kappa shape index (κ2) is 6.20. The number of halogens is 1. The Hall–Kier alpha value is -3.31. The molecule has 2 aromatic carbocycles. The Morgan fingerprint density at radius 3 is 2.77 bits per heavy atom. The van der Waals surface area contributed by atoms with Crippen molar-refractivity contribution in [3.05, 3.63) is 76.5 Å². The number of nitrogens with one attached hydrogen (secondary N) is 1. The number of furan rings is 1. The molecule has 1 aliphatic rings. The second-order valence-corrected chi connectivity index (χ2v) is 6.23. The van der Waals surface area contributed by atoms with Gasteiger partial charge in [0, 0.05) is 21.8 Å². The summed E-state index contributed by atoms with van der Waals surface area (Å²) in [6, 6.07) is 15.1. The summed E-state index contributed by atoms with van der Waals surface area (Å²) in [5, 5.41) is 12.4. The van der Waals surface area contributed by atoms with Gasteiger partial charge in [0.2, 0.25) is 0 Å². The molecule has 128 valence electrons. The predicted molar refractivity (Wildman–Crippen MR) is 99.1 cm³/mol. The monoisotopic (exact) mass is 365 g/mol. The van der Waals surface area contributed by atoms with E-state index in [-0.39, 0.29) is 11.5 Å². The Balaban J connectivity index is 1.71. The van der Waals surface area contributed by atoms with Crippen LogP contribution in [-0.2, 0) is 4.79 Å². The zero-order valence-corrected chi connectivity index (χ0v) is 14.1. The molecule has 5 nitrogen and oxygen atoms in total. The van der Waals surface area contributed by atoms with E-state index in [0.717, 1.165) is 0 Å². The molecule has 0 fully saturated rings. The third-order valence-electron chi connectivity index (χ3n) is 4.07. The summed E-state index contributed by atoms with van der Waals surface area (Å²) in [7, 11) is 0. The van der Waals surface area contributed by atoms with Gasteiger partial charge in [0.1, 0.15) is 11.5 Å². The molecule has 0 saturated carbocycles. The van der Waals surface area contributed by atoms with E-state index in [1.165, 1.54) is 12.1 Å². The lowest BCUT2D eigenvalue weighted by Crippen LogP contribution is -2.03. The van der Waals surface area contributed by atoms with Gasteiger partial charge in [-0.15, -0.1) is 0 Å². The third kappa shape index (κ3) is 2.89. The van der Waals surface area contributed by atoms with Crippen LogP contribution in [0.2, 0.25) is 5.02 Å². The molecule has 6 heteroatoms. The van der Waals surface area contributed by atoms with Gasteiger partial charge in [-0.25, -0.2) is 4.79 Å². The van der Waals surface area contributed by atoms with E-state index in [1.807, 2.05) is 0 Å². The fourth-order valence-electron chi connectivity index (χ4n) is 2.84. The van der Waals surface area contributed by atoms with Gasteiger partial charge in [0.05, 0.1) is 11.1 Å². The Kier molecular flexibility index (Phi) is 3.86. The third-order valence-corrected chi connectivity index (χ3v) is 4.31. The molecule has 0 bridgehead atoms. The molecule has 2 N–H and O–H groups in total. The Labute approximate surface area is 153 Å². The molecular weight excluding hydrogens is 354 g/mol. The van der Waals surface area contributed by atoms with Crippen molar-refractivity contribution in [3.63, 3.8) is 0 Å². The van der Waals surface area contributed by atoms with E-state index >= 15 is 0 Å². The quantitative estimate of drug-likeness (QED) is 0.654. The summed E-state index contributed by atoms with van der Waals surface area (Å²) in [6.07, 6.45) is 1.64. The first-order valence-corrected chi connectivity index (χ1v) is 8.15. The highest BCUT2D eigenvalue weighted by molar-refractivity contribution is 6.36. The number of hydrogen-bond donors (Lipinski definition) is 2. The highest BCUT2D eigenvalue weighted by Crippen LogP contribution is 2.35. The fourth-order valence-corrected chi connectivity index (χ4v) is 3.01. The van der Waals surface area contributed by atoms with E-state index in [9.17, 15) is 9.59 Å². The summed E-state index contributed by atoms with van der Waals surface area (Å²) < 4.78 is 5.78. The first kappa shape index (κ1) is 16.2. The SMILES string of the molecule is O=C1Nc2ccc(Cl)cc2/C1=C/c1ccc(-c2cccc(C(=O)O)c2)o1. The van der Waals surface area contributed by atoms with Crippen molar-refractivity contribution in [1.82, 2.24) is 0 Å². The molecule has 1 aromatic heterocycles. The molecule has 0 aliphatic carbocycles. The number of carboxylic acid groups (broad SMARTS) is 1. The van der Waals surface area contributed by atoms with Gasteiger partial charge in [-0.2, -0.15) is 0 Å². The van der Waals surface area contributed by atoms with Gasteiger partial charge >= 0.3 is 5.97 Å². The van der Waals surface area contributed by atoms with Crippen LogP contribution in [-0.4, -0.2) is 17.0 Å². The number of carbonyl (C=O) groups excluding carboxylic acids is 1. The van der Waals surface area contributed by atoms with E-state index in [0.29, 0.717) is 38.9 Å². The van der Waals surface area contributed by atoms with E-state index < -0.39 is 5.97 Å². The van der Waals surface area contributed by atoms with Crippen LogP contribution in [0, 0.1) is 0 Å².